The number of nitrogens with zero attached hydrogens (tertiary/aromatic N) is 5. The molecule has 0 radical (unpaired) electrons. The highest BCUT2D eigenvalue weighted by Gasteiger charge is 2.45. The second-order valence-electron chi connectivity index (χ2n) is 11.0. The standard InChI is InChI=1S/C30H33N7O/c31-28-16-27(21-14-22-10-11-23(15-21)36(22)30(38)26-8-4-5-13-32-26)35-29-24(18-34-37(28)29)20-9-12-25(33-17-20)19-6-2-1-3-7-19/h1-3,6-7,9,12,16-18,21-23,26,32H,4-5,8,10-11,13-15,31H2/t21?,22-,23+,26?. The van der Waals surface area contributed by atoms with Gasteiger partial charge in [0.05, 0.1) is 17.9 Å². The summed E-state index contributed by atoms with van der Waals surface area (Å²) in [5.41, 5.74) is 12.1. The van der Waals surface area contributed by atoms with E-state index in [9.17, 15) is 4.79 Å². The number of hydrogen-bond donors (Lipinski definition) is 2. The van der Waals surface area contributed by atoms with Gasteiger partial charge < -0.3 is 16.0 Å². The highest BCUT2D eigenvalue weighted by Crippen LogP contribution is 2.44. The Balaban J connectivity index is 1.16. The Hall–Kier alpha value is -3.78. The molecule has 0 saturated carbocycles. The van der Waals surface area contributed by atoms with Crippen molar-refractivity contribution in [2.45, 2.75) is 69.0 Å². The normalized spacial score (nSPS) is 25.1. The Morgan fingerprint density at radius 1 is 0.947 bits per heavy atom. The molecule has 194 valence electrons. The van der Waals surface area contributed by atoms with Crippen LogP contribution in [0.2, 0.25) is 0 Å². The van der Waals surface area contributed by atoms with Crippen molar-refractivity contribution in [2.75, 3.05) is 12.3 Å². The average molecular weight is 508 g/mol. The molecule has 0 spiro atoms. The van der Waals surface area contributed by atoms with E-state index in [1.165, 1.54) is 0 Å². The third kappa shape index (κ3) is 4.04. The molecule has 3 aliphatic rings. The van der Waals surface area contributed by atoms with Gasteiger partial charge >= 0.3 is 0 Å². The monoisotopic (exact) mass is 507 g/mol. The van der Waals surface area contributed by atoms with Crippen LogP contribution in [0.3, 0.4) is 0 Å². The molecule has 8 heteroatoms. The predicted octanol–water partition coefficient (Wildman–Crippen LogP) is 4.42. The number of rotatable bonds is 4. The fraction of sp³-hybridized carbons (Fsp3) is 0.400. The van der Waals surface area contributed by atoms with Crippen LogP contribution < -0.4 is 11.1 Å². The minimum absolute atomic E-state index is 0.00948. The lowest BCUT2D eigenvalue weighted by atomic mass is 9.87. The lowest BCUT2D eigenvalue weighted by Crippen LogP contribution is -2.54. The van der Waals surface area contributed by atoms with Gasteiger partial charge in [0.25, 0.3) is 0 Å². The number of benzene rings is 1. The van der Waals surface area contributed by atoms with Crippen LogP contribution in [0.25, 0.3) is 28.0 Å². The maximum Gasteiger partial charge on any atom is 0.240 e. The van der Waals surface area contributed by atoms with Gasteiger partial charge in [-0.2, -0.15) is 9.61 Å². The average Bonchev–Trinajstić information content (AvgIpc) is 3.52. The molecule has 4 atom stereocenters. The number of nitrogens with one attached hydrogen (secondary N) is 1. The molecule has 1 aromatic carbocycles. The zero-order valence-corrected chi connectivity index (χ0v) is 21.5. The van der Waals surface area contributed by atoms with E-state index in [0.717, 1.165) is 85.2 Å². The van der Waals surface area contributed by atoms with E-state index in [0.29, 0.717) is 11.7 Å². The number of aromatic nitrogens is 4. The Labute approximate surface area is 222 Å². The number of hydrogen-bond acceptors (Lipinski definition) is 6. The van der Waals surface area contributed by atoms with E-state index in [1.54, 1.807) is 4.52 Å². The predicted molar refractivity (Wildman–Crippen MR) is 147 cm³/mol. The summed E-state index contributed by atoms with van der Waals surface area (Å²) in [7, 11) is 0. The van der Waals surface area contributed by atoms with Crippen molar-refractivity contribution in [2.24, 2.45) is 0 Å². The molecule has 3 fully saturated rings. The van der Waals surface area contributed by atoms with Gasteiger partial charge in [0.2, 0.25) is 5.91 Å². The summed E-state index contributed by atoms with van der Waals surface area (Å²) in [6, 6.07) is 16.8. The second kappa shape index (κ2) is 9.51. The lowest BCUT2D eigenvalue weighted by molar-refractivity contribution is -0.138. The van der Waals surface area contributed by atoms with Crippen LogP contribution in [-0.4, -0.2) is 55.1 Å². The Morgan fingerprint density at radius 2 is 1.76 bits per heavy atom. The van der Waals surface area contributed by atoms with Crippen LogP contribution in [-0.2, 0) is 4.79 Å². The van der Waals surface area contributed by atoms with Crippen LogP contribution in [0.5, 0.6) is 0 Å². The number of amides is 1. The Bertz CT molecular complexity index is 1450. The number of carbonyl (C=O) groups is 1. The van der Waals surface area contributed by atoms with Crippen molar-refractivity contribution < 1.29 is 4.79 Å². The van der Waals surface area contributed by atoms with Crippen LogP contribution in [0.4, 0.5) is 5.82 Å². The van der Waals surface area contributed by atoms with E-state index in [4.69, 9.17) is 15.7 Å². The van der Waals surface area contributed by atoms with Crippen LogP contribution in [0.15, 0.2) is 60.9 Å². The summed E-state index contributed by atoms with van der Waals surface area (Å²) < 4.78 is 1.71. The SMILES string of the molecule is Nc1cc(C2C[C@H]3CC[C@@H](C2)N3C(=O)C2CCCCN2)nc2c(-c3ccc(-c4ccccc4)nc3)cnn12. The van der Waals surface area contributed by atoms with Gasteiger partial charge in [-0.3, -0.25) is 9.78 Å². The first kappa shape index (κ1) is 23.3. The molecule has 3 saturated heterocycles. The number of fused-ring (bicyclic) bond motifs is 3. The number of carbonyl (C=O) groups excluding carboxylic acids is 1. The summed E-state index contributed by atoms with van der Waals surface area (Å²) in [5, 5.41) is 7.98. The molecule has 7 rings (SSSR count). The van der Waals surface area contributed by atoms with E-state index < -0.39 is 0 Å². The molecule has 2 bridgehead atoms. The van der Waals surface area contributed by atoms with Crippen molar-refractivity contribution in [3.63, 3.8) is 0 Å². The summed E-state index contributed by atoms with van der Waals surface area (Å²) in [5.74, 6) is 1.18. The first-order valence-electron chi connectivity index (χ1n) is 13.9. The van der Waals surface area contributed by atoms with Crippen molar-refractivity contribution in [1.29, 1.82) is 0 Å². The number of nitrogens with two attached hydrogens (primary N) is 1. The highest BCUT2D eigenvalue weighted by molar-refractivity contribution is 5.83. The lowest BCUT2D eigenvalue weighted by Gasteiger charge is -2.41. The van der Waals surface area contributed by atoms with Gasteiger partial charge in [-0.15, -0.1) is 0 Å². The number of pyridine rings is 1. The topological polar surface area (TPSA) is 101 Å². The van der Waals surface area contributed by atoms with Crippen LogP contribution in [0.1, 0.15) is 56.6 Å². The molecule has 3 aromatic heterocycles. The smallest absolute Gasteiger partial charge is 0.240 e. The molecule has 8 nitrogen and oxygen atoms in total. The van der Waals surface area contributed by atoms with E-state index in [2.05, 4.69) is 33.5 Å². The zero-order chi connectivity index (χ0) is 25.6. The summed E-state index contributed by atoms with van der Waals surface area (Å²) in [4.78, 5) is 25.4. The van der Waals surface area contributed by atoms with E-state index in [1.807, 2.05) is 42.7 Å². The molecular formula is C30H33N7O. The molecule has 38 heavy (non-hydrogen) atoms. The maximum atomic E-state index is 13.4. The van der Waals surface area contributed by atoms with Crippen LogP contribution >= 0.6 is 0 Å². The van der Waals surface area contributed by atoms with Crippen molar-refractivity contribution in [3.05, 3.63) is 66.6 Å². The number of anilines is 1. The second-order valence-corrected chi connectivity index (χ2v) is 11.0. The largest absolute Gasteiger partial charge is 0.384 e. The molecule has 2 unspecified atom stereocenters. The summed E-state index contributed by atoms with van der Waals surface area (Å²) >= 11 is 0. The van der Waals surface area contributed by atoms with Gasteiger partial charge in [-0.05, 0) is 51.1 Å². The zero-order valence-electron chi connectivity index (χ0n) is 21.5. The minimum atomic E-state index is -0.00948. The van der Waals surface area contributed by atoms with Gasteiger partial charge in [0.15, 0.2) is 5.65 Å². The maximum absolute atomic E-state index is 13.4. The fourth-order valence-corrected chi connectivity index (χ4v) is 6.77. The van der Waals surface area contributed by atoms with Crippen molar-refractivity contribution in [3.8, 4) is 22.4 Å². The third-order valence-corrected chi connectivity index (χ3v) is 8.68. The van der Waals surface area contributed by atoms with Gasteiger partial charge in [-0.25, -0.2) is 4.98 Å². The molecular weight excluding hydrogens is 474 g/mol. The van der Waals surface area contributed by atoms with E-state index >= 15 is 0 Å². The third-order valence-electron chi connectivity index (χ3n) is 8.68. The van der Waals surface area contributed by atoms with Gasteiger partial charge in [0, 0.05) is 52.6 Å². The molecule has 6 heterocycles. The fourth-order valence-electron chi connectivity index (χ4n) is 6.77. The van der Waals surface area contributed by atoms with Gasteiger partial charge in [0.1, 0.15) is 5.82 Å². The highest BCUT2D eigenvalue weighted by atomic mass is 16.2. The van der Waals surface area contributed by atoms with Crippen molar-refractivity contribution in [1.82, 2.24) is 29.8 Å². The molecule has 4 aromatic rings. The number of nitrogen functional groups attached to an aromatic ring is 1. The molecule has 0 aliphatic carbocycles. The van der Waals surface area contributed by atoms with E-state index in [-0.39, 0.29) is 24.0 Å². The first-order chi connectivity index (χ1) is 18.7. The summed E-state index contributed by atoms with van der Waals surface area (Å²) in [6.45, 7) is 0.948. The van der Waals surface area contributed by atoms with Crippen molar-refractivity contribution >= 4 is 17.4 Å². The summed E-state index contributed by atoms with van der Waals surface area (Å²) in [6.07, 6.45) is 11.0. The molecule has 3 aliphatic heterocycles. The Morgan fingerprint density at radius 3 is 2.47 bits per heavy atom. The molecule has 3 N–H and O–H groups in total. The minimum Gasteiger partial charge on any atom is -0.384 e. The molecule has 1 amide bonds. The first-order valence-corrected chi connectivity index (χ1v) is 13.9. The number of piperidine rings is 2. The van der Waals surface area contributed by atoms with Crippen LogP contribution in [0, 0.1) is 0 Å². The van der Waals surface area contributed by atoms with Gasteiger partial charge in [-0.1, -0.05) is 42.8 Å². The Kier molecular flexibility index (Phi) is 5.84. The quantitative estimate of drug-likeness (QED) is 0.424.